The molecule has 7 nitrogen and oxygen atoms in total. The number of hydrogen-bond donors (Lipinski definition) is 1. The topological polar surface area (TPSA) is 103 Å². The number of hydrogen-bond acceptors (Lipinski definition) is 5. The van der Waals surface area contributed by atoms with Crippen molar-refractivity contribution in [1.82, 2.24) is 4.31 Å². The lowest BCUT2D eigenvalue weighted by atomic mass is 10.2. The van der Waals surface area contributed by atoms with Crippen molar-refractivity contribution in [2.75, 3.05) is 0 Å². The molecule has 0 fully saturated rings. The molecule has 1 aromatic carbocycles. The Hall–Kier alpha value is -1.90. The third-order valence-corrected chi connectivity index (χ3v) is 5.31. The quantitative estimate of drug-likeness (QED) is 0.506. The Morgan fingerprint density at radius 1 is 1.33 bits per heavy atom. The van der Waals surface area contributed by atoms with E-state index in [1.165, 1.54) is 18.2 Å². The molecule has 0 saturated heterocycles. The van der Waals surface area contributed by atoms with Gasteiger partial charge in [-0.1, -0.05) is 24.3 Å². The zero-order valence-corrected chi connectivity index (χ0v) is 14.7. The van der Waals surface area contributed by atoms with Crippen LogP contribution in [0.25, 0.3) is 0 Å². The molecule has 1 unspecified atom stereocenters. The third-order valence-electron chi connectivity index (χ3n) is 3.44. The van der Waals surface area contributed by atoms with Crippen molar-refractivity contribution < 1.29 is 23.4 Å². The summed E-state index contributed by atoms with van der Waals surface area (Å²) in [6.07, 6.45) is 3.71. The first-order chi connectivity index (χ1) is 11.2. The summed E-state index contributed by atoms with van der Waals surface area (Å²) in [6.45, 7) is 5.00. The van der Waals surface area contributed by atoms with Gasteiger partial charge in [0.25, 0.3) is 10.0 Å². The van der Waals surface area contributed by atoms with Crippen molar-refractivity contribution in [3.8, 4) is 0 Å². The van der Waals surface area contributed by atoms with E-state index in [0.29, 0.717) is 18.3 Å². The summed E-state index contributed by atoms with van der Waals surface area (Å²) in [6, 6.07) is 5.17. The molecule has 0 aliphatic heterocycles. The van der Waals surface area contributed by atoms with Gasteiger partial charge in [-0.2, -0.15) is 4.31 Å². The number of carbonyl (C=O) groups is 1. The van der Waals surface area contributed by atoms with Crippen LogP contribution in [0.2, 0.25) is 0 Å². The third kappa shape index (κ3) is 3.95. The first-order valence-corrected chi connectivity index (χ1v) is 9.09. The van der Waals surface area contributed by atoms with E-state index in [-0.39, 0.29) is 10.6 Å². The standard InChI is InChI=1S/C16H22N2O5S/c1-16(2,3)23-15(19)18(12-8-4-5-9-12)24(21,22)14-11-7-6-10-13(14)17-20/h4,6-8,10-12H,5,9,17H2,1-3H3. The number of allylic oxidation sites excluding steroid dienone is 1. The fourth-order valence-corrected chi connectivity index (χ4v) is 4.09. The van der Waals surface area contributed by atoms with Crippen LogP contribution in [0.5, 0.6) is 0 Å². The van der Waals surface area contributed by atoms with Gasteiger partial charge in [-0.25, -0.2) is 13.2 Å². The summed E-state index contributed by atoms with van der Waals surface area (Å²) in [5, 5.41) is 11.2. The first-order valence-electron chi connectivity index (χ1n) is 7.65. The number of rotatable bonds is 4. The summed E-state index contributed by atoms with van der Waals surface area (Å²) in [4.78, 5) is 12.4. The molecular weight excluding hydrogens is 332 g/mol. The average Bonchev–Trinajstić information content (AvgIpc) is 2.98. The molecule has 0 radical (unpaired) electrons. The lowest BCUT2D eigenvalue weighted by molar-refractivity contribution is -0.499. The number of quaternary nitrogens is 1. The van der Waals surface area contributed by atoms with Crippen LogP contribution in [0.15, 0.2) is 41.3 Å². The van der Waals surface area contributed by atoms with Crippen LogP contribution >= 0.6 is 0 Å². The van der Waals surface area contributed by atoms with Crippen molar-refractivity contribution in [3.63, 3.8) is 0 Å². The van der Waals surface area contributed by atoms with Crippen molar-refractivity contribution in [3.05, 3.63) is 41.6 Å². The van der Waals surface area contributed by atoms with Gasteiger partial charge in [-0.05, 0) is 39.7 Å². The Morgan fingerprint density at radius 3 is 2.54 bits per heavy atom. The number of carbonyl (C=O) groups excluding carboxylic acids is 1. The van der Waals surface area contributed by atoms with Gasteiger partial charge in [0.05, 0.1) is 6.04 Å². The maximum Gasteiger partial charge on any atom is 0.424 e. The van der Waals surface area contributed by atoms with E-state index in [0.717, 1.165) is 4.31 Å². The fraction of sp³-hybridized carbons (Fsp3) is 0.438. The van der Waals surface area contributed by atoms with Crippen molar-refractivity contribution in [1.29, 1.82) is 0 Å². The van der Waals surface area contributed by atoms with Gasteiger partial charge in [0, 0.05) is 6.07 Å². The largest absolute Gasteiger partial charge is 0.630 e. The number of ether oxygens (including phenoxy) is 1. The van der Waals surface area contributed by atoms with Crippen LogP contribution in [0.1, 0.15) is 33.6 Å². The highest BCUT2D eigenvalue weighted by atomic mass is 32.2. The molecular formula is C16H22N2O5S. The van der Waals surface area contributed by atoms with Crippen molar-refractivity contribution in [2.45, 2.75) is 50.2 Å². The summed E-state index contributed by atoms with van der Waals surface area (Å²) in [7, 11) is -4.22. The van der Waals surface area contributed by atoms with Gasteiger partial charge in [-0.3, -0.25) is 0 Å². The number of nitrogens with zero attached hydrogens (tertiary/aromatic N) is 1. The van der Waals surface area contributed by atoms with Gasteiger partial charge >= 0.3 is 6.09 Å². The maximum absolute atomic E-state index is 13.1. The maximum atomic E-state index is 13.1. The van der Waals surface area contributed by atoms with E-state index < -0.39 is 27.8 Å². The molecule has 132 valence electrons. The Bertz CT molecular complexity index is 737. The van der Waals surface area contributed by atoms with Gasteiger partial charge in [-0.15, -0.1) is 0 Å². The smallest absolute Gasteiger partial charge is 0.424 e. The molecule has 8 heteroatoms. The second kappa shape index (κ2) is 6.92. The molecule has 0 saturated carbocycles. The highest BCUT2D eigenvalue weighted by Crippen LogP contribution is 2.29. The van der Waals surface area contributed by atoms with Crippen LogP contribution in [0, 0.1) is 5.21 Å². The van der Waals surface area contributed by atoms with E-state index in [9.17, 15) is 18.4 Å². The SMILES string of the molecule is CC(C)(C)OC(=O)N(C1C=CCC1)S(=O)(=O)c1ccccc1[NH2+][O-]. The lowest BCUT2D eigenvalue weighted by Gasteiger charge is -2.30. The zero-order valence-electron chi connectivity index (χ0n) is 13.9. The molecule has 0 spiro atoms. The Balaban J connectivity index is 2.49. The number of amides is 1. The number of sulfonamides is 1. The molecule has 1 amide bonds. The van der Waals surface area contributed by atoms with Crippen LogP contribution in [0.4, 0.5) is 10.5 Å². The Kier molecular flexibility index (Phi) is 5.32. The molecule has 0 heterocycles. The minimum absolute atomic E-state index is 0.00744. The number of benzene rings is 1. The number of nitrogens with two attached hydrogens (primary N) is 1. The van der Waals surface area contributed by atoms with Gasteiger partial charge in [0.15, 0.2) is 0 Å². The second-order valence-corrected chi connectivity index (χ2v) is 8.29. The van der Waals surface area contributed by atoms with E-state index in [2.05, 4.69) is 0 Å². The van der Waals surface area contributed by atoms with Gasteiger partial charge in [0.2, 0.25) is 0 Å². The van der Waals surface area contributed by atoms with E-state index in [1.807, 2.05) is 6.08 Å². The second-order valence-electron chi connectivity index (χ2n) is 6.51. The van der Waals surface area contributed by atoms with Gasteiger partial charge < -0.3 is 15.4 Å². The predicted molar refractivity (Wildman–Crippen MR) is 88.8 cm³/mol. The highest BCUT2D eigenvalue weighted by molar-refractivity contribution is 7.89. The molecule has 1 atom stereocenters. The van der Waals surface area contributed by atoms with Crippen molar-refractivity contribution in [2.24, 2.45) is 0 Å². The summed E-state index contributed by atoms with van der Waals surface area (Å²) in [5.74, 6) is 0. The average molecular weight is 354 g/mol. The molecule has 24 heavy (non-hydrogen) atoms. The molecule has 1 aliphatic carbocycles. The van der Waals surface area contributed by atoms with Crippen LogP contribution in [0.3, 0.4) is 0 Å². The Morgan fingerprint density at radius 2 is 2.00 bits per heavy atom. The lowest BCUT2D eigenvalue weighted by Crippen LogP contribution is -2.70. The fourth-order valence-electron chi connectivity index (χ4n) is 2.45. The Labute approximate surface area is 141 Å². The van der Waals surface area contributed by atoms with E-state index >= 15 is 0 Å². The molecule has 2 N–H and O–H groups in total. The summed E-state index contributed by atoms with van der Waals surface area (Å²) in [5.41, 5.74) is -0.366. The summed E-state index contributed by atoms with van der Waals surface area (Å²) >= 11 is 0. The molecule has 0 bridgehead atoms. The summed E-state index contributed by atoms with van der Waals surface area (Å²) < 4.78 is 32.1. The van der Waals surface area contributed by atoms with Crippen LogP contribution in [-0.4, -0.2) is 30.5 Å². The van der Waals surface area contributed by atoms with E-state index in [4.69, 9.17) is 4.74 Å². The highest BCUT2D eigenvalue weighted by Gasteiger charge is 2.39. The monoisotopic (exact) mass is 354 g/mol. The molecule has 0 aromatic heterocycles. The van der Waals surface area contributed by atoms with Gasteiger partial charge in [0.1, 0.15) is 16.2 Å². The minimum Gasteiger partial charge on any atom is -0.630 e. The normalized spacial score (nSPS) is 17.8. The van der Waals surface area contributed by atoms with Crippen LogP contribution in [-0.2, 0) is 14.8 Å². The molecule has 1 aromatic rings. The van der Waals surface area contributed by atoms with Crippen molar-refractivity contribution >= 4 is 21.8 Å². The molecule has 1 aliphatic rings. The minimum atomic E-state index is -4.22. The van der Waals surface area contributed by atoms with Crippen LogP contribution < -0.4 is 5.48 Å². The molecule has 2 rings (SSSR count). The zero-order chi connectivity index (χ0) is 18.0. The predicted octanol–water partition coefficient (Wildman–Crippen LogP) is 2.02. The first kappa shape index (κ1) is 18.4. The van der Waals surface area contributed by atoms with E-state index in [1.54, 1.807) is 32.9 Å².